The smallest absolute Gasteiger partial charge is 0.0668 e. The number of aryl methyl sites for hydroxylation is 1. The van der Waals surface area contributed by atoms with Crippen LogP contribution in [0.5, 0.6) is 0 Å². The highest BCUT2D eigenvalue weighted by Gasteiger charge is 2.22. The number of pyridine rings is 1. The first-order valence-electron chi connectivity index (χ1n) is 7.45. The summed E-state index contributed by atoms with van der Waals surface area (Å²) in [6.07, 6.45) is 5.43. The SMILES string of the molecule is Cc1cc([C@H]2CCCN(CCc3ccccn3)C2)n[nH]1. The van der Waals surface area contributed by atoms with Gasteiger partial charge in [-0.05, 0) is 44.5 Å². The van der Waals surface area contributed by atoms with Gasteiger partial charge in [0, 0.05) is 43.0 Å². The number of H-pyrrole nitrogens is 1. The average molecular weight is 270 g/mol. The Morgan fingerprint density at radius 2 is 2.35 bits per heavy atom. The Morgan fingerprint density at radius 1 is 1.40 bits per heavy atom. The first-order chi connectivity index (χ1) is 9.81. The molecule has 3 rings (SSSR count). The quantitative estimate of drug-likeness (QED) is 0.928. The Bertz CT molecular complexity index is 534. The number of rotatable bonds is 4. The summed E-state index contributed by atoms with van der Waals surface area (Å²) in [4.78, 5) is 6.95. The summed E-state index contributed by atoms with van der Waals surface area (Å²) in [5.74, 6) is 0.581. The van der Waals surface area contributed by atoms with Gasteiger partial charge in [-0.2, -0.15) is 5.10 Å². The van der Waals surface area contributed by atoms with E-state index in [0.717, 1.165) is 25.2 Å². The van der Waals surface area contributed by atoms with E-state index in [9.17, 15) is 0 Å². The topological polar surface area (TPSA) is 44.8 Å². The van der Waals surface area contributed by atoms with Crippen molar-refractivity contribution in [2.45, 2.75) is 32.1 Å². The summed E-state index contributed by atoms with van der Waals surface area (Å²) in [6.45, 7) is 5.49. The molecule has 1 fully saturated rings. The zero-order valence-electron chi connectivity index (χ0n) is 12.0. The summed E-state index contributed by atoms with van der Waals surface area (Å²) in [7, 11) is 0. The highest BCUT2D eigenvalue weighted by Crippen LogP contribution is 2.25. The number of piperidine rings is 1. The van der Waals surface area contributed by atoms with Crippen molar-refractivity contribution in [1.82, 2.24) is 20.1 Å². The summed E-state index contributed by atoms with van der Waals surface area (Å²) in [6, 6.07) is 8.33. The maximum atomic E-state index is 4.43. The van der Waals surface area contributed by atoms with Gasteiger partial charge in [-0.15, -0.1) is 0 Å². The number of nitrogens with one attached hydrogen (secondary N) is 1. The number of likely N-dealkylation sites (tertiary alicyclic amines) is 1. The molecule has 106 valence electrons. The van der Waals surface area contributed by atoms with Crippen molar-refractivity contribution < 1.29 is 0 Å². The van der Waals surface area contributed by atoms with E-state index in [4.69, 9.17) is 0 Å². The Balaban J connectivity index is 1.55. The van der Waals surface area contributed by atoms with Crippen LogP contribution in [0.2, 0.25) is 0 Å². The predicted molar refractivity (Wildman–Crippen MR) is 79.7 cm³/mol. The van der Waals surface area contributed by atoms with E-state index in [1.54, 1.807) is 0 Å². The van der Waals surface area contributed by atoms with Gasteiger partial charge in [0.25, 0.3) is 0 Å². The molecule has 0 saturated carbocycles. The van der Waals surface area contributed by atoms with E-state index in [1.807, 2.05) is 12.3 Å². The van der Waals surface area contributed by atoms with Crippen molar-refractivity contribution in [3.05, 3.63) is 47.5 Å². The Hall–Kier alpha value is -1.68. The van der Waals surface area contributed by atoms with Gasteiger partial charge in [0.1, 0.15) is 0 Å². The van der Waals surface area contributed by atoms with E-state index in [2.05, 4.69) is 45.2 Å². The maximum Gasteiger partial charge on any atom is 0.0668 e. The molecular weight excluding hydrogens is 248 g/mol. The molecule has 0 bridgehead atoms. The molecule has 20 heavy (non-hydrogen) atoms. The summed E-state index contributed by atoms with van der Waals surface area (Å²) in [5.41, 5.74) is 3.57. The fourth-order valence-electron chi connectivity index (χ4n) is 2.97. The van der Waals surface area contributed by atoms with Crippen LogP contribution in [0.3, 0.4) is 0 Å². The lowest BCUT2D eigenvalue weighted by Gasteiger charge is -2.31. The van der Waals surface area contributed by atoms with Gasteiger partial charge in [0.2, 0.25) is 0 Å². The molecular formula is C16H22N4. The van der Waals surface area contributed by atoms with Gasteiger partial charge in [-0.3, -0.25) is 10.1 Å². The largest absolute Gasteiger partial charge is 0.302 e. The van der Waals surface area contributed by atoms with E-state index in [-0.39, 0.29) is 0 Å². The van der Waals surface area contributed by atoms with Crippen LogP contribution in [0.15, 0.2) is 30.5 Å². The Kier molecular flexibility index (Phi) is 4.11. The van der Waals surface area contributed by atoms with Crippen LogP contribution < -0.4 is 0 Å². The van der Waals surface area contributed by atoms with Crippen LogP contribution in [0.1, 0.15) is 35.8 Å². The molecule has 3 heterocycles. The summed E-state index contributed by atoms with van der Waals surface area (Å²) < 4.78 is 0. The highest BCUT2D eigenvalue weighted by atomic mass is 15.2. The second kappa shape index (κ2) is 6.18. The maximum absolute atomic E-state index is 4.43. The minimum absolute atomic E-state index is 0.581. The molecule has 0 aliphatic carbocycles. The number of nitrogens with zero attached hydrogens (tertiary/aromatic N) is 3. The van der Waals surface area contributed by atoms with Crippen LogP contribution in [-0.2, 0) is 6.42 Å². The van der Waals surface area contributed by atoms with Crippen molar-refractivity contribution >= 4 is 0 Å². The van der Waals surface area contributed by atoms with Crippen molar-refractivity contribution in [2.75, 3.05) is 19.6 Å². The number of aromatic amines is 1. The number of hydrogen-bond donors (Lipinski definition) is 1. The second-order valence-corrected chi connectivity index (χ2v) is 5.69. The molecule has 0 radical (unpaired) electrons. The normalized spacial score (nSPS) is 20.1. The third-order valence-corrected chi connectivity index (χ3v) is 4.06. The minimum Gasteiger partial charge on any atom is -0.302 e. The monoisotopic (exact) mass is 270 g/mol. The fraction of sp³-hybridized carbons (Fsp3) is 0.500. The van der Waals surface area contributed by atoms with E-state index < -0.39 is 0 Å². The lowest BCUT2D eigenvalue weighted by molar-refractivity contribution is 0.208. The van der Waals surface area contributed by atoms with Crippen LogP contribution in [0.25, 0.3) is 0 Å². The van der Waals surface area contributed by atoms with Crippen molar-refractivity contribution in [1.29, 1.82) is 0 Å². The van der Waals surface area contributed by atoms with E-state index in [0.29, 0.717) is 5.92 Å². The van der Waals surface area contributed by atoms with Crippen molar-refractivity contribution in [3.8, 4) is 0 Å². The molecule has 2 aromatic rings. The van der Waals surface area contributed by atoms with Crippen LogP contribution >= 0.6 is 0 Å². The molecule has 4 nitrogen and oxygen atoms in total. The van der Waals surface area contributed by atoms with Crippen molar-refractivity contribution in [2.24, 2.45) is 0 Å². The molecule has 1 aliphatic heterocycles. The molecule has 0 unspecified atom stereocenters. The Morgan fingerprint density at radius 3 is 3.10 bits per heavy atom. The van der Waals surface area contributed by atoms with E-state index >= 15 is 0 Å². The molecule has 1 atom stereocenters. The molecule has 4 heteroatoms. The molecule has 1 saturated heterocycles. The van der Waals surface area contributed by atoms with Gasteiger partial charge in [-0.1, -0.05) is 6.07 Å². The summed E-state index contributed by atoms with van der Waals surface area (Å²) >= 11 is 0. The van der Waals surface area contributed by atoms with Crippen LogP contribution in [0.4, 0.5) is 0 Å². The second-order valence-electron chi connectivity index (χ2n) is 5.69. The molecule has 1 aliphatic rings. The lowest BCUT2D eigenvalue weighted by Crippen LogP contribution is -2.36. The first-order valence-corrected chi connectivity index (χ1v) is 7.45. The third kappa shape index (κ3) is 3.25. The van der Waals surface area contributed by atoms with Crippen LogP contribution in [0, 0.1) is 6.92 Å². The predicted octanol–water partition coefficient (Wildman–Crippen LogP) is 2.54. The molecule has 1 N–H and O–H groups in total. The first kappa shape index (κ1) is 13.3. The zero-order chi connectivity index (χ0) is 13.8. The average Bonchev–Trinajstić information content (AvgIpc) is 2.93. The molecule has 0 aromatic carbocycles. The minimum atomic E-state index is 0.581. The third-order valence-electron chi connectivity index (χ3n) is 4.06. The highest BCUT2D eigenvalue weighted by molar-refractivity contribution is 5.13. The van der Waals surface area contributed by atoms with Gasteiger partial charge < -0.3 is 4.90 Å². The summed E-state index contributed by atoms with van der Waals surface area (Å²) in [5, 5.41) is 7.49. The molecule has 0 amide bonds. The number of aromatic nitrogens is 3. The Labute approximate surface area is 120 Å². The zero-order valence-corrected chi connectivity index (χ0v) is 12.0. The lowest BCUT2D eigenvalue weighted by atomic mass is 9.94. The molecule has 2 aromatic heterocycles. The van der Waals surface area contributed by atoms with Crippen molar-refractivity contribution in [3.63, 3.8) is 0 Å². The van der Waals surface area contributed by atoms with E-state index in [1.165, 1.54) is 30.8 Å². The number of hydrogen-bond acceptors (Lipinski definition) is 3. The standard InChI is InChI=1S/C16H22N4/c1-13-11-16(19-18-13)14-5-4-9-20(12-14)10-7-15-6-2-3-8-17-15/h2-3,6,8,11,14H,4-5,7,9-10,12H2,1H3,(H,18,19)/t14-/m0/s1. The van der Waals surface area contributed by atoms with Gasteiger partial charge in [-0.25, -0.2) is 0 Å². The molecule has 0 spiro atoms. The van der Waals surface area contributed by atoms with Gasteiger partial charge >= 0.3 is 0 Å². The van der Waals surface area contributed by atoms with Gasteiger partial charge in [0.05, 0.1) is 5.69 Å². The fourth-order valence-corrected chi connectivity index (χ4v) is 2.97. The van der Waals surface area contributed by atoms with Gasteiger partial charge in [0.15, 0.2) is 0 Å². The van der Waals surface area contributed by atoms with Crippen LogP contribution in [-0.4, -0.2) is 39.7 Å².